The molecule has 0 bridgehead atoms. The summed E-state index contributed by atoms with van der Waals surface area (Å²) in [5.74, 6) is 0.758. The van der Waals surface area contributed by atoms with Gasteiger partial charge in [0.05, 0.1) is 11.1 Å². The molecule has 0 radical (unpaired) electrons. The fourth-order valence-corrected chi connectivity index (χ4v) is 10.4. The average Bonchev–Trinajstić information content (AvgIpc) is 1.64. The van der Waals surface area contributed by atoms with Gasteiger partial charge in [0, 0.05) is 115 Å². The van der Waals surface area contributed by atoms with Crippen molar-refractivity contribution in [3.8, 4) is 17.2 Å². The fraction of sp³-hybridized carbons (Fsp3) is 0.0680. The Morgan fingerprint density at radius 2 is 0.635 bits per heavy atom. The molecule has 11 aromatic rings. The number of imide groups is 1. The topological polar surface area (TPSA) is 600 Å². The number of amides is 10. The van der Waals surface area contributed by atoms with E-state index in [-0.39, 0.29) is 35.6 Å². The zero-order valence-corrected chi connectivity index (χ0v) is 75.3. The van der Waals surface area contributed by atoms with Crippen LogP contribution in [0.2, 0.25) is 0 Å². The quantitative estimate of drug-likeness (QED) is 0.00570. The van der Waals surface area contributed by atoms with Crippen molar-refractivity contribution in [1.82, 2.24) is 43.2 Å². The number of nitrogens with two attached hydrogens (primary N) is 6. The summed E-state index contributed by atoms with van der Waals surface area (Å²) in [5.41, 5.74) is 53.3. The molecule has 11 aromatic carbocycles. The number of fused-ring (bicyclic) bond motifs is 1. The normalized spacial score (nSPS) is 10.9. The Labute approximate surface area is 792 Å². The van der Waals surface area contributed by atoms with Gasteiger partial charge in [-0.3, -0.25) is 89.5 Å². The Balaban J connectivity index is 0.000000394. The molecule has 0 aliphatic carbocycles. The molecule has 1 aliphatic heterocycles. The summed E-state index contributed by atoms with van der Waals surface area (Å²) in [6, 6.07) is 79.6. The Hall–Kier alpha value is -18.0. The lowest BCUT2D eigenvalue weighted by atomic mass is 10.1. The summed E-state index contributed by atoms with van der Waals surface area (Å²) in [4.78, 5) is 112. The van der Waals surface area contributed by atoms with Crippen LogP contribution >= 0.6 is 0 Å². The molecule has 0 aromatic heterocycles. The second-order valence-electron chi connectivity index (χ2n) is 28.1. The number of anilines is 4. The molecule has 0 fully saturated rings. The predicted octanol–water partition coefficient (Wildman–Crippen LogP) is 12.6. The van der Waals surface area contributed by atoms with Crippen molar-refractivity contribution in [1.29, 1.82) is 0 Å². The van der Waals surface area contributed by atoms with E-state index in [0.29, 0.717) is 45.9 Å². The monoisotopic (exact) mass is 1860 g/mol. The molecule has 28 N–H and O–H groups in total. The fourth-order valence-electron chi connectivity index (χ4n) is 10.4. The molecular formula is C103H111N15O19. The molecular weight excluding hydrogens is 1750 g/mol. The Morgan fingerprint density at radius 1 is 0.328 bits per heavy atom. The maximum atomic E-state index is 12.1. The minimum Gasteiger partial charge on any atom is -0.507 e. The van der Waals surface area contributed by atoms with Crippen LogP contribution in [-0.4, -0.2) is 138 Å². The van der Waals surface area contributed by atoms with Gasteiger partial charge in [-0.2, -0.15) is 0 Å². The maximum absolute atomic E-state index is 12.1. The minimum atomic E-state index is -0.580. The standard InChI is InChI=1S/C17H13NO3.C11H14N2O2.3C10H11NO2.3C9H10N2O2.C9H10N2O.C9H11NO/c19-15-10-4-1-6-12(15)7-5-11-18-16(20)13-8-2-3-9-14(13)17(18)21;1-13(2)10-6-4-3-5-9(10)7-8-11(14)12-15;2*1-8-2-4-9(5-3-8)6-7-10(12)11-13;1-8-3-2-4-9(7-8)5-6-10(12)11-13;10-8-4-1-7(2-5-8)3-6-9(12)11-13;10-11-9(13)6-5-7-3-1-2-4-8(7)12;10-8-4-2-1-3-7(8)5-6-9(12)11-13;10-8-4-1-7(2-5-8)3-6-9(11)12;10-7-3-5-8-4-1-2-6-9(8)11/h1-10,19H,11H2;3-8,15H,1-2H3,(H,12,14);3*2-7,13H,1H3,(H,11,12);1-6,13H,10H2,(H,11,12);1-6,12H,10H2,(H,11,13);1-6,13H,10H2,(H,11,12);1-6H,10H2,(H2,11,12);1-6,11H,7,10H2/b7-5+;8-7+;2*7-6+;6-5+;6-3+;2*6-5+;6-3+;5-3+. The molecule has 34 heteroatoms. The lowest BCUT2D eigenvalue weighted by Crippen LogP contribution is -2.29. The van der Waals surface area contributed by atoms with Crippen molar-refractivity contribution in [3.63, 3.8) is 0 Å². The molecule has 0 atom stereocenters. The van der Waals surface area contributed by atoms with E-state index in [9.17, 15) is 63.3 Å². The van der Waals surface area contributed by atoms with Gasteiger partial charge in [0.1, 0.15) is 17.2 Å². The van der Waals surface area contributed by atoms with Crippen LogP contribution in [-0.2, 0) is 38.4 Å². The Bertz CT molecular complexity index is 5750. The number of benzene rings is 11. The van der Waals surface area contributed by atoms with Gasteiger partial charge in [-0.05, 0) is 175 Å². The van der Waals surface area contributed by atoms with Crippen LogP contribution in [0.15, 0.2) is 328 Å². The van der Waals surface area contributed by atoms with E-state index in [4.69, 9.17) is 65.8 Å². The molecule has 0 unspecified atom stereocenters. The van der Waals surface area contributed by atoms with Crippen molar-refractivity contribution in [3.05, 3.63) is 411 Å². The smallest absolute Gasteiger partial charge is 0.267 e. The largest absolute Gasteiger partial charge is 0.507 e. The van der Waals surface area contributed by atoms with Crippen molar-refractivity contribution in [2.45, 2.75) is 20.8 Å². The van der Waals surface area contributed by atoms with Crippen LogP contribution in [0.25, 0.3) is 60.8 Å². The maximum Gasteiger partial charge on any atom is 0.267 e. The van der Waals surface area contributed by atoms with E-state index in [1.54, 1.807) is 206 Å². The number of primary amides is 1. The number of aryl methyl sites for hydroxylation is 3. The highest BCUT2D eigenvalue weighted by Crippen LogP contribution is 2.25. The molecule has 12 rings (SSSR count). The Morgan fingerprint density at radius 3 is 0.993 bits per heavy atom. The first-order valence-corrected chi connectivity index (χ1v) is 41.0. The van der Waals surface area contributed by atoms with Gasteiger partial charge >= 0.3 is 0 Å². The highest BCUT2D eigenvalue weighted by molar-refractivity contribution is 6.21. The van der Waals surface area contributed by atoms with Gasteiger partial charge in [0.2, 0.25) is 5.91 Å². The first-order chi connectivity index (χ1) is 65.7. The van der Waals surface area contributed by atoms with Crippen LogP contribution < -0.4 is 77.7 Å². The second kappa shape index (κ2) is 65.5. The number of rotatable bonds is 22. The summed E-state index contributed by atoms with van der Waals surface area (Å²) in [5, 5.41) is 77.5. The molecule has 137 heavy (non-hydrogen) atoms. The highest BCUT2D eigenvalue weighted by Gasteiger charge is 2.34. The predicted molar refractivity (Wildman–Crippen MR) is 533 cm³/mol. The van der Waals surface area contributed by atoms with E-state index >= 15 is 0 Å². The van der Waals surface area contributed by atoms with Crippen molar-refractivity contribution < 1.29 is 94.5 Å². The molecule has 712 valence electrons. The summed E-state index contributed by atoms with van der Waals surface area (Å²) < 4.78 is 0. The molecule has 1 aliphatic rings. The number of phenolic OH excluding ortho intramolecular Hbond substituents is 3. The summed E-state index contributed by atoms with van der Waals surface area (Å²) in [6.45, 7) is 6.64. The van der Waals surface area contributed by atoms with E-state index < -0.39 is 47.3 Å². The van der Waals surface area contributed by atoms with Crippen molar-refractivity contribution in [2.24, 2.45) is 17.3 Å². The number of carbonyl (C=O) groups is 10. The van der Waals surface area contributed by atoms with E-state index in [1.165, 1.54) is 104 Å². The number of hydrazine groups is 1. The zero-order chi connectivity index (χ0) is 101. The first-order valence-electron chi connectivity index (χ1n) is 41.0. The Kier molecular flexibility index (Phi) is 54.1. The molecule has 0 spiro atoms. The van der Waals surface area contributed by atoms with Crippen LogP contribution in [0.1, 0.15) is 93.0 Å². The van der Waals surface area contributed by atoms with E-state index in [0.717, 1.165) is 55.8 Å². The van der Waals surface area contributed by atoms with E-state index in [2.05, 4.69) is 0 Å². The second-order valence-corrected chi connectivity index (χ2v) is 28.1. The SMILES string of the molecule is CN(C)c1ccccc1/C=C/C(=O)NO.Cc1ccc(/C=C/C(=O)NO)cc1.Cc1ccc(/C=C/C(=O)NO)cc1.Cc1cccc(/C=C/C(=O)NO)c1.NC(=O)/C=C/c1ccc(N)cc1.NC/C=C/c1ccccc1O.NNC(=O)/C=C/c1ccccc1O.Nc1ccc(/C=C/C(=O)NO)cc1.Nc1ccccc1/C=C/C(=O)NO.O=C1c2ccccc2C(=O)N1C/C=C/c1ccccc1O. The number of para-hydroxylation sites is 5. The third-order valence-corrected chi connectivity index (χ3v) is 17.4. The molecule has 10 amide bonds. The number of nitrogens with zero attached hydrogens (tertiary/aromatic N) is 2. The summed E-state index contributed by atoms with van der Waals surface area (Å²) in [7, 11) is 3.86. The number of carbonyl (C=O) groups excluding carboxylic acids is 10. The van der Waals surface area contributed by atoms with E-state index in [1.807, 2.05) is 173 Å². The number of nitrogens with one attached hydrogen (secondary N) is 7. The molecule has 0 saturated heterocycles. The number of hydrogen-bond acceptors (Lipinski definition) is 25. The zero-order valence-electron chi connectivity index (χ0n) is 75.3. The number of phenols is 3. The van der Waals surface area contributed by atoms with Crippen LogP contribution in [0, 0.1) is 20.8 Å². The summed E-state index contributed by atoms with van der Waals surface area (Å²) >= 11 is 0. The minimum absolute atomic E-state index is 0.128. The highest BCUT2D eigenvalue weighted by atomic mass is 16.5. The first kappa shape index (κ1) is 113. The third kappa shape index (κ3) is 47.9. The van der Waals surface area contributed by atoms with Crippen LogP contribution in [0.4, 0.5) is 22.7 Å². The average molecular weight is 1860 g/mol. The lowest BCUT2D eigenvalue weighted by molar-refractivity contribution is -0.124. The molecule has 34 nitrogen and oxygen atoms in total. The van der Waals surface area contributed by atoms with Crippen LogP contribution in [0.5, 0.6) is 17.2 Å². The van der Waals surface area contributed by atoms with Crippen LogP contribution in [0.3, 0.4) is 0 Å². The number of hydrogen-bond donors (Lipinski definition) is 22. The van der Waals surface area contributed by atoms with Gasteiger partial charge in [-0.1, -0.05) is 241 Å². The van der Waals surface area contributed by atoms with Crippen molar-refractivity contribution >= 4 is 143 Å². The van der Waals surface area contributed by atoms with Gasteiger partial charge in [-0.25, -0.2) is 38.7 Å². The number of nitrogen functional groups attached to an aromatic ring is 3. The lowest BCUT2D eigenvalue weighted by Gasteiger charge is -2.15. The molecule has 0 saturated carbocycles. The van der Waals surface area contributed by atoms with Gasteiger partial charge in [0.25, 0.3) is 53.2 Å². The van der Waals surface area contributed by atoms with Gasteiger partial charge in [0.15, 0.2) is 0 Å². The van der Waals surface area contributed by atoms with Gasteiger partial charge in [-0.15, -0.1) is 0 Å². The van der Waals surface area contributed by atoms with Gasteiger partial charge < -0.3 is 48.9 Å². The summed E-state index contributed by atoms with van der Waals surface area (Å²) in [6.07, 6.45) is 29.8. The molecule has 1 heterocycles. The number of hydroxylamine groups is 6. The third-order valence-electron chi connectivity index (χ3n) is 17.4. The number of aromatic hydroxyl groups is 3. The van der Waals surface area contributed by atoms with Crippen molar-refractivity contribution in [2.75, 3.05) is 49.3 Å².